The summed E-state index contributed by atoms with van der Waals surface area (Å²) in [6.45, 7) is 2.67. The van der Waals surface area contributed by atoms with Crippen LogP contribution in [0, 0.1) is 5.41 Å². The standard InChI is InChI=1S/C14H19N3O3/c1-14(12(18)19)5-8-17(9-6-14)13(20)16(2)11-4-3-7-15-10-11/h3-4,7,10H,5-6,8-9H2,1-2H3,(H,18,19). The van der Waals surface area contributed by atoms with Crippen LogP contribution in [0.3, 0.4) is 0 Å². The lowest BCUT2D eigenvalue weighted by Gasteiger charge is -2.38. The first kappa shape index (κ1) is 14.3. The van der Waals surface area contributed by atoms with Gasteiger partial charge in [0.2, 0.25) is 0 Å². The van der Waals surface area contributed by atoms with Crippen LogP contribution in [0.15, 0.2) is 24.5 Å². The van der Waals surface area contributed by atoms with Gasteiger partial charge >= 0.3 is 12.0 Å². The number of pyridine rings is 1. The van der Waals surface area contributed by atoms with Crippen molar-refractivity contribution < 1.29 is 14.7 Å². The second-order valence-corrected chi connectivity index (χ2v) is 5.41. The molecule has 20 heavy (non-hydrogen) atoms. The Hall–Kier alpha value is -2.11. The normalized spacial score (nSPS) is 17.6. The largest absolute Gasteiger partial charge is 0.481 e. The maximum atomic E-state index is 12.4. The number of carbonyl (C=O) groups excluding carboxylic acids is 1. The molecule has 1 aliphatic rings. The number of piperidine rings is 1. The maximum Gasteiger partial charge on any atom is 0.324 e. The van der Waals surface area contributed by atoms with Crippen molar-refractivity contribution in [3.05, 3.63) is 24.5 Å². The summed E-state index contributed by atoms with van der Waals surface area (Å²) in [7, 11) is 1.70. The Morgan fingerprint density at radius 1 is 1.40 bits per heavy atom. The highest BCUT2D eigenvalue weighted by Gasteiger charge is 2.38. The zero-order valence-electron chi connectivity index (χ0n) is 11.7. The SMILES string of the molecule is CN(C(=O)N1CCC(C)(C(=O)O)CC1)c1cccnc1. The zero-order valence-corrected chi connectivity index (χ0v) is 11.7. The van der Waals surface area contributed by atoms with Gasteiger partial charge < -0.3 is 10.0 Å². The van der Waals surface area contributed by atoms with Crippen LogP contribution >= 0.6 is 0 Å². The van der Waals surface area contributed by atoms with Crippen molar-refractivity contribution in [3.8, 4) is 0 Å². The lowest BCUT2D eigenvalue weighted by atomic mass is 9.80. The monoisotopic (exact) mass is 277 g/mol. The highest BCUT2D eigenvalue weighted by molar-refractivity contribution is 5.91. The van der Waals surface area contributed by atoms with Crippen LogP contribution in [0.4, 0.5) is 10.5 Å². The van der Waals surface area contributed by atoms with Gasteiger partial charge in [-0.1, -0.05) is 0 Å². The Morgan fingerprint density at radius 3 is 2.55 bits per heavy atom. The average Bonchev–Trinajstić information content (AvgIpc) is 2.47. The van der Waals surface area contributed by atoms with Gasteiger partial charge in [0.1, 0.15) is 0 Å². The molecular formula is C14H19N3O3. The van der Waals surface area contributed by atoms with Gasteiger partial charge in [-0.3, -0.25) is 14.7 Å². The highest BCUT2D eigenvalue weighted by Crippen LogP contribution is 2.31. The Kier molecular flexibility index (Phi) is 3.92. The van der Waals surface area contributed by atoms with Crippen LogP contribution in [0.5, 0.6) is 0 Å². The van der Waals surface area contributed by atoms with E-state index in [4.69, 9.17) is 0 Å². The molecule has 0 aromatic carbocycles. The molecule has 1 saturated heterocycles. The number of carboxylic acid groups (broad SMARTS) is 1. The van der Waals surface area contributed by atoms with Gasteiger partial charge in [-0.15, -0.1) is 0 Å². The van der Waals surface area contributed by atoms with E-state index < -0.39 is 11.4 Å². The number of anilines is 1. The van der Waals surface area contributed by atoms with Gasteiger partial charge in [-0.2, -0.15) is 0 Å². The number of urea groups is 1. The summed E-state index contributed by atoms with van der Waals surface area (Å²) in [5.41, 5.74) is 0.00739. The van der Waals surface area contributed by atoms with Crippen molar-refractivity contribution >= 4 is 17.7 Å². The number of aliphatic carboxylic acids is 1. The van der Waals surface area contributed by atoms with Gasteiger partial charge in [0.05, 0.1) is 17.3 Å². The molecule has 1 N–H and O–H groups in total. The van der Waals surface area contributed by atoms with Crippen molar-refractivity contribution in [2.75, 3.05) is 25.0 Å². The van der Waals surface area contributed by atoms with E-state index in [1.54, 1.807) is 37.3 Å². The van der Waals surface area contributed by atoms with Gasteiger partial charge in [-0.05, 0) is 31.9 Å². The number of hydrogen-bond acceptors (Lipinski definition) is 3. The van der Waals surface area contributed by atoms with E-state index in [1.807, 2.05) is 6.07 Å². The summed E-state index contributed by atoms with van der Waals surface area (Å²) >= 11 is 0. The Morgan fingerprint density at radius 2 is 2.05 bits per heavy atom. The van der Waals surface area contributed by atoms with Gasteiger partial charge in [0.25, 0.3) is 0 Å². The smallest absolute Gasteiger partial charge is 0.324 e. The van der Waals surface area contributed by atoms with Crippen LogP contribution < -0.4 is 4.90 Å². The molecule has 0 saturated carbocycles. The van der Waals surface area contributed by atoms with Crippen molar-refractivity contribution in [2.24, 2.45) is 5.41 Å². The number of rotatable bonds is 2. The first-order chi connectivity index (χ1) is 9.44. The molecule has 0 spiro atoms. The minimum atomic E-state index is -0.787. The Bertz CT molecular complexity index is 496. The fraction of sp³-hybridized carbons (Fsp3) is 0.500. The molecule has 0 aliphatic carbocycles. The molecule has 2 heterocycles. The van der Waals surface area contributed by atoms with E-state index in [1.165, 1.54) is 4.90 Å². The molecule has 0 atom stereocenters. The number of likely N-dealkylation sites (tertiary alicyclic amines) is 1. The summed E-state index contributed by atoms with van der Waals surface area (Å²) in [5, 5.41) is 9.19. The molecule has 0 bridgehead atoms. The maximum absolute atomic E-state index is 12.4. The highest BCUT2D eigenvalue weighted by atomic mass is 16.4. The first-order valence-electron chi connectivity index (χ1n) is 6.60. The molecule has 0 unspecified atom stereocenters. The lowest BCUT2D eigenvalue weighted by Crippen LogP contribution is -2.49. The molecule has 108 valence electrons. The molecule has 2 rings (SSSR count). The van der Waals surface area contributed by atoms with Gasteiger partial charge in [-0.25, -0.2) is 4.79 Å². The Balaban J connectivity index is 2.00. The van der Waals surface area contributed by atoms with E-state index >= 15 is 0 Å². The van der Waals surface area contributed by atoms with Crippen LogP contribution in [-0.2, 0) is 4.79 Å². The summed E-state index contributed by atoms with van der Waals surface area (Å²) in [6.07, 6.45) is 4.24. The summed E-state index contributed by atoms with van der Waals surface area (Å²) in [5.74, 6) is -0.787. The predicted octanol–water partition coefficient (Wildman–Crippen LogP) is 1.82. The van der Waals surface area contributed by atoms with E-state index in [0.717, 1.165) is 5.69 Å². The van der Waals surface area contributed by atoms with Crippen LogP contribution in [-0.4, -0.2) is 47.1 Å². The second-order valence-electron chi connectivity index (χ2n) is 5.41. The van der Waals surface area contributed by atoms with E-state index in [9.17, 15) is 14.7 Å². The minimum Gasteiger partial charge on any atom is -0.481 e. The van der Waals surface area contributed by atoms with Gasteiger partial charge in [0, 0.05) is 26.3 Å². The van der Waals surface area contributed by atoms with Crippen molar-refractivity contribution in [1.29, 1.82) is 0 Å². The summed E-state index contributed by atoms with van der Waals surface area (Å²) in [6, 6.07) is 3.47. The van der Waals surface area contributed by atoms with Crippen molar-refractivity contribution in [3.63, 3.8) is 0 Å². The molecule has 1 aromatic heterocycles. The lowest BCUT2D eigenvalue weighted by molar-refractivity contribution is -0.150. The fourth-order valence-electron chi connectivity index (χ4n) is 2.28. The van der Waals surface area contributed by atoms with Crippen molar-refractivity contribution in [1.82, 2.24) is 9.88 Å². The molecule has 6 nitrogen and oxygen atoms in total. The third-order valence-electron chi connectivity index (χ3n) is 3.97. The topological polar surface area (TPSA) is 73.7 Å². The number of hydrogen-bond donors (Lipinski definition) is 1. The number of aromatic nitrogens is 1. The molecular weight excluding hydrogens is 258 g/mol. The third-order valence-corrected chi connectivity index (χ3v) is 3.97. The average molecular weight is 277 g/mol. The van der Waals surface area contributed by atoms with Crippen LogP contribution in [0.25, 0.3) is 0 Å². The molecule has 1 fully saturated rings. The van der Waals surface area contributed by atoms with E-state index in [2.05, 4.69) is 4.98 Å². The van der Waals surface area contributed by atoms with Crippen LogP contribution in [0.2, 0.25) is 0 Å². The quantitative estimate of drug-likeness (QED) is 0.895. The predicted molar refractivity (Wildman–Crippen MR) is 74.6 cm³/mol. The third kappa shape index (κ3) is 2.74. The number of amides is 2. The zero-order chi connectivity index (χ0) is 14.8. The van der Waals surface area contributed by atoms with Crippen LogP contribution in [0.1, 0.15) is 19.8 Å². The minimum absolute atomic E-state index is 0.120. The molecule has 2 amide bonds. The van der Waals surface area contributed by atoms with Gasteiger partial charge in [0.15, 0.2) is 0 Å². The molecule has 1 aromatic rings. The fourth-order valence-corrected chi connectivity index (χ4v) is 2.28. The summed E-state index contributed by atoms with van der Waals surface area (Å²) in [4.78, 5) is 30.8. The number of nitrogens with zero attached hydrogens (tertiary/aromatic N) is 3. The Labute approximate surface area is 118 Å². The summed E-state index contributed by atoms with van der Waals surface area (Å²) < 4.78 is 0. The van der Waals surface area contributed by atoms with Crippen molar-refractivity contribution in [2.45, 2.75) is 19.8 Å². The molecule has 1 aliphatic heterocycles. The number of carbonyl (C=O) groups is 2. The molecule has 6 heteroatoms. The second kappa shape index (κ2) is 5.48. The first-order valence-corrected chi connectivity index (χ1v) is 6.60. The van der Waals surface area contributed by atoms with E-state index in [-0.39, 0.29) is 6.03 Å². The number of carboxylic acids is 1. The van der Waals surface area contributed by atoms with E-state index in [0.29, 0.717) is 25.9 Å². The molecule has 0 radical (unpaired) electrons.